The van der Waals surface area contributed by atoms with Crippen molar-refractivity contribution < 1.29 is 4.79 Å². The van der Waals surface area contributed by atoms with Crippen LogP contribution in [0.4, 0.5) is 11.4 Å². The van der Waals surface area contributed by atoms with Crippen LogP contribution in [0.2, 0.25) is 0 Å². The van der Waals surface area contributed by atoms with Crippen molar-refractivity contribution in [1.29, 1.82) is 0 Å². The van der Waals surface area contributed by atoms with Crippen molar-refractivity contribution in [2.75, 3.05) is 30.0 Å². The van der Waals surface area contributed by atoms with Crippen LogP contribution in [0.1, 0.15) is 29.5 Å². The maximum absolute atomic E-state index is 12.8. The summed E-state index contributed by atoms with van der Waals surface area (Å²) in [6, 6.07) is 14.5. The Labute approximate surface area is 178 Å². The number of likely N-dealkylation sites (tertiary alicyclic amines) is 1. The quantitative estimate of drug-likeness (QED) is 0.742. The van der Waals surface area contributed by atoms with Crippen LogP contribution in [0.3, 0.4) is 0 Å². The SMILES string of the molecule is Cc1cc(C)c(NC(=S)N2CCC3(CC2)C(=O)NCN3c2ccccc2)cc1C. The van der Waals surface area contributed by atoms with Gasteiger partial charge in [0.2, 0.25) is 5.91 Å². The molecule has 1 spiro atoms. The molecular weight excluding hydrogens is 380 g/mol. The van der Waals surface area contributed by atoms with Gasteiger partial charge in [0.1, 0.15) is 5.54 Å². The number of nitrogens with zero attached hydrogens (tertiary/aromatic N) is 2. The molecule has 0 aliphatic carbocycles. The fourth-order valence-electron chi connectivity index (χ4n) is 4.40. The van der Waals surface area contributed by atoms with Crippen molar-refractivity contribution in [2.24, 2.45) is 0 Å². The van der Waals surface area contributed by atoms with E-state index in [0.29, 0.717) is 6.67 Å². The Morgan fingerprint density at radius 3 is 2.38 bits per heavy atom. The number of para-hydroxylation sites is 1. The lowest BCUT2D eigenvalue weighted by molar-refractivity contribution is -0.124. The molecule has 2 aliphatic heterocycles. The fraction of sp³-hybridized carbons (Fsp3) is 0.391. The predicted molar refractivity (Wildman–Crippen MR) is 122 cm³/mol. The predicted octanol–water partition coefficient (Wildman–Crippen LogP) is 3.74. The van der Waals surface area contributed by atoms with Gasteiger partial charge in [-0.2, -0.15) is 0 Å². The van der Waals surface area contributed by atoms with Crippen LogP contribution >= 0.6 is 12.2 Å². The highest BCUT2D eigenvalue weighted by atomic mass is 32.1. The molecule has 0 aromatic heterocycles. The molecule has 0 saturated carbocycles. The first-order chi connectivity index (χ1) is 13.9. The summed E-state index contributed by atoms with van der Waals surface area (Å²) in [6.07, 6.45) is 1.50. The highest BCUT2D eigenvalue weighted by Gasteiger charge is 2.50. The number of hydrogen-bond donors (Lipinski definition) is 2. The Morgan fingerprint density at radius 1 is 1.03 bits per heavy atom. The summed E-state index contributed by atoms with van der Waals surface area (Å²) in [5.41, 5.74) is 5.39. The maximum Gasteiger partial charge on any atom is 0.247 e. The number of carbonyl (C=O) groups is 1. The molecule has 2 saturated heterocycles. The standard InChI is InChI=1S/C23H28N4OS/c1-16-13-18(3)20(14-17(16)2)25-22(29)26-11-9-23(10-12-26)21(28)24-15-27(23)19-7-5-4-6-8-19/h4-8,13-14H,9-12,15H2,1-3H3,(H,24,28)(H,25,29). The van der Waals surface area contributed by atoms with E-state index in [1.54, 1.807) is 0 Å². The van der Waals surface area contributed by atoms with Gasteiger partial charge in [0, 0.05) is 24.5 Å². The van der Waals surface area contributed by atoms with Crippen LogP contribution in [0, 0.1) is 20.8 Å². The normalized spacial score (nSPS) is 18.1. The van der Waals surface area contributed by atoms with Crippen LogP contribution in [0.15, 0.2) is 42.5 Å². The molecule has 4 rings (SSSR count). The molecule has 5 nitrogen and oxygen atoms in total. The molecule has 1 amide bonds. The van der Waals surface area contributed by atoms with Crippen molar-refractivity contribution in [2.45, 2.75) is 39.2 Å². The number of thiocarbonyl (C=S) groups is 1. The van der Waals surface area contributed by atoms with Gasteiger partial charge in [-0.25, -0.2) is 0 Å². The second kappa shape index (κ2) is 7.67. The number of nitrogens with one attached hydrogen (secondary N) is 2. The van der Waals surface area contributed by atoms with Gasteiger partial charge in [-0.05, 0) is 80.7 Å². The van der Waals surface area contributed by atoms with E-state index in [2.05, 4.69) is 65.5 Å². The summed E-state index contributed by atoms with van der Waals surface area (Å²) in [5, 5.41) is 7.21. The molecule has 2 heterocycles. The number of hydrogen-bond acceptors (Lipinski definition) is 3. The van der Waals surface area contributed by atoms with E-state index in [9.17, 15) is 4.79 Å². The molecular formula is C23H28N4OS. The Kier molecular flexibility index (Phi) is 5.21. The number of aryl methyl sites for hydroxylation is 3. The molecule has 0 atom stereocenters. The van der Waals surface area contributed by atoms with E-state index in [1.807, 2.05) is 18.2 Å². The Bertz CT molecular complexity index is 935. The lowest BCUT2D eigenvalue weighted by atomic mass is 9.86. The van der Waals surface area contributed by atoms with Gasteiger partial charge in [-0.15, -0.1) is 0 Å². The number of carbonyl (C=O) groups excluding carboxylic acids is 1. The Hall–Kier alpha value is -2.60. The highest BCUT2D eigenvalue weighted by molar-refractivity contribution is 7.80. The number of anilines is 2. The minimum absolute atomic E-state index is 0.130. The molecule has 0 unspecified atom stereocenters. The average molecular weight is 409 g/mol. The smallest absolute Gasteiger partial charge is 0.247 e. The van der Waals surface area contributed by atoms with E-state index in [-0.39, 0.29) is 5.91 Å². The summed E-state index contributed by atoms with van der Waals surface area (Å²) < 4.78 is 0. The van der Waals surface area contributed by atoms with E-state index in [1.165, 1.54) is 16.7 Å². The summed E-state index contributed by atoms with van der Waals surface area (Å²) in [5.74, 6) is 0.130. The Balaban J connectivity index is 1.46. The molecule has 152 valence electrons. The van der Waals surface area contributed by atoms with Crippen LogP contribution in [-0.4, -0.2) is 41.2 Å². The zero-order chi connectivity index (χ0) is 20.6. The summed E-state index contributed by atoms with van der Waals surface area (Å²) >= 11 is 5.71. The highest BCUT2D eigenvalue weighted by Crippen LogP contribution is 2.36. The molecule has 2 N–H and O–H groups in total. The van der Waals surface area contributed by atoms with Crippen LogP contribution in [0.5, 0.6) is 0 Å². The number of rotatable bonds is 2. The second-order valence-electron chi connectivity index (χ2n) is 8.13. The number of piperidine rings is 1. The number of amides is 1. The topological polar surface area (TPSA) is 47.6 Å². The van der Waals surface area contributed by atoms with Gasteiger partial charge in [-0.1, -0.05) is 24.3 Å². The zero-order valence-corrected chi connectivity index (χ0v) is 18.1. The lowest BCUT2D eigenvalue weighted by Crippen LogP contribution is -2.57. The van der Waals surface area contributed by atoms with Gasteiger partial charge < -0.3 is 20.4 Å². The van der Waals surface area contributed by atoms with Gasteiger partial charge >= 0.3 is 0 Å². The van der Waals surface area contributed by atoms with E-state index >= 15 is 0 Å². The molecule has 2 aromatic rings. The third-order valence-electron chi connectivity index (χ3n) is 6.37. The van der Waals surface area contributed by atoms with Crippen LogP contribution in [0.25, 0.3) is 0 Å². The molecule has 29 heavy (non-hydrogen) atoms. The molecule has 2 fully saturated rings. The minimum atomic E-state index is -0.482. The summed E-state index contributed by atoms with van der Waals surface area (Å²) in [4.78, 5) is 17.2. The number of benzene rings is 2. The van der Waals surface area contributed by atoms with E-state index < -0.39 is 5.54 Å². The van der Waals surface area contributed by atoms with Gasteiger partial charge in [0.25, 0.3) is 0 Å². The average Bonchev–Trinajstić information content (AvgIpc) is 3.03. The van der Waals surface area contributed by atoms with Crippen molar-refractivity contribution >= 4 is 34.6 Å². The third-order valence-corrected chi connectivity index (χ3v) is 6.73. The van der Waals surface area contributed by atoms with Crippen molar-refractivity contribution in [3.8, 4) is 0 Å². The largest absolute Gasteiger partial charge is 0.349 e. The molecule has 0 bridgehead atoms. The first-order valence-corrected chi connectivity index (χ1v) is 10.6. The molecule has 2 aromatic carbocycles. The zero-order valence-electron chi connectivity index (χ0n) is 17.3. The van der Waals surface area contributed by atoms with E-state index in [0.717, 1.165) is 42.4 Å². The van der Waals surface area contributed by atoms with E-state index in [4.69, 9.17) is 12.2 Å². The van der Waals surface area contributed by atoms with Gasteiger partial charge in [0.05, 0.1) is 6.67 Å². The summed E-state index contributed by atoms with van der Waals surface area (Å²) in [6.45, 7) is 8.42. The first-order valence-electron chi connectivity index (χ1n) is 10.2. The maximum atomic E-state index is 12.8. The van der Waals surface area contributed by atoms with Crippen LogP contribution < -0.4 is 15.5 Å². The molecule has 2 aliphatic rings. The third kappa shape index (κ3) is 3.57. The molecule has 6 heteroatoms. The van der Waals surface area contributed by atoms with Gasteiger partial charge in [0.15, 0.2) is 5.11 Å². The van der Waals surface area contributed by atoms with Gasteiger partial charge in [-0.3, -0.25) is 4.79 Å². The van der Waals surface area contributed by atoms with Crippen molar-refractivity contribution in [3.63, 3.8) is 0 Å². The van der Waals surface area contributed by atoms with Crippen molar-refractivity contribution in [1.82, 2.24) is 10.2 Å². The minimum Gasteiger partial charge on any atom is -0.349 e. The monoisotopic (exact) mass is 408 g/mol. The lowest BCUT2D eigenvalue weighted by Gasteiger charge is -2.44. The summed E-state index contributed by atoms with van der Waals surface area (Å²) in [7, 11) is 0. The fourth-order valence-corrected chi connectivity index (χ4v) is 4.69. The van der Waals surface area contributed by atoms with Crippen molar-refractivity contribution in [3.05, 3.63) is 59.2 Å². The second-order valence-corrected chi connectivity index (χ2v) is 8.51. The Morgan fingerprint density at radius 2 is 1.69 bits per heavy atom. The molecule has 0 radical (unpaired) electrons. The van der Waals surface area contributed by atoms with Crippen LogP contribution in [-0.2, 0) is 4.79 Å². The first kappa shape index (κ1) is 19.7.